The number of anilines is 1. The summed E-state index contributed by atoms with van der Waals surface area (Å²) in [5.41, 5.74) is 3.96. The summed E-state index contributed by atoms with van der Waals surface area (Å²) in [6, 6.07) is 25.1. The molecular weight excluding hydrogens is 334 g/mol. The number of para-hydroxylation sites is 2. The van der Waals surface area contributed by atoms with E-state index < -0.39 is 0 Å². The van der Waals surface area contributed by atoms with Crippen molar-refractivity contribution in [2.75, 3.05) is 4.90 Å². The van der Waals surface area contributed by atoms with E-state index in [1.54, 1.807) is 17.2 Å². The zero-order valence-electron chi connectivity index (χ0n) is 15.0. The molecule has 4 rings (SSSR count). The highest BCUT2D eigenvalue weighted by Crippen LogP contribution is 2.24. The first-order valence-corrected chi connectivity index (χ1v) is 8.85. The maximum atomic E-state index is 13.4. The number of amides is 1. The molecule has 0 unspecified atom stereocenters. The molecule has 0 bridgehead atoms. The van der Waals surface area contributed by atoms with Gasteiger partial charge in [0.15, 0.2) is 0 Å². The monoisotopic (exact) mass is 353 g/mol. The molecule has 1 amide bonds. The zero-order chi connectivity index (χ0) is 18.6. The molecule has 0 spiro atoms. The lowest BCUT2D eigenvalue weighted by Gasteiger charge is -2.24. The predicted molar refractivity (Wildman–Crippen MR) is 108 cm³/mol. The van der Waals surface area contributed by atoms with Crippen LogP contribution in [0.3, 0.4) is 0 Å². The summed E-state index contributed by atoms with van der Waals surface area (Å²) in [5.74, 6) is -0.138. The highest BCUT2D eigenvalue weighted by atomic mass is 16.2. The molecule has 0 aliphatic carbocycles. The number of pyridine rings is 2. The van der Waals surface area contributed by atoms with E-state index in [1.165, 1.54) is 0 Å². The van der Waals surface area contributed by atoms with Crippen molar-refractivity contribution in [3.63, 3.8) is 0 Å². The van der Waals surface area contributed by atoms with Gasteiger partial charge >= 0.3 is 0 Å². The molecule has 27 heavy (non-hydrogen) atoms. The fourth-order valence-corrected chi connectivity index (χ4v) is 3.11. The molecule has 2 heterocycles. The van der Waals surface area contributed by atoms with Gasteiger partial charge in [0, 0.05) is 17.3 Å². The largest absolute Gasteiger partial charge is 0.301 e. The van der Waals surface area contributed by atoms with Crippen LogP contribution in [-0.4, -0.2) is 15.9 Å². The van der Waals surface area contributed by atoms with Gasteiger partial charge < -0.3 is 4.90 Å². The van der Waals surface area contributed by atoms with E-state index in [1.807, 2.05) is 79.7 Å². The molecule has 0 radical (unpaired) electrons. The molecule has 4 aromatic rings. The Kier molecular flexibility index (Phi) is 4.62. The molecule has 132 valence electrons. The molecule has 0 aliphatic rings. The Morgan fingerprint density at radius 2 is 1.67 bits per heavy atom. The van der Waals surface area contributed by atoms with Crippen LogP contribution < -0.4 is 4.90 Å². The summed E-state index contributed by atoms with van der Waals surface area (Å²) in [6.07, 6.45) is 1.74. The topological polar surface area (TPSA) is 46.1 Å². The Balaban J connectivity index is 1.76. The predicted octanol–water partition coefficient (Wildman–Crippen LogP) is 4.79. The average Bonchev–Trinajstić information content (AvgIpc) is 2.72. The van der Waals surface area contributed by atoms with E-state index in [9.17, 15) is 4.79 Å². The Morgan fingerprint density at radius 1 is 0.889 bits per heavy atom. The van der Waals surface area contributed by atoms with E-state index in [4.69, 9.17) is 0 Å². The smallest absolute Gasteiger partial charge is 0.277 e. The van der Waals surface area contributed by atoms with Crippen LogP contribution >= 0.6 is 0 Å². The Bertz CT molecular complexity index is 1090. The summed E-state index contributed by atoms with van der Waals surface area (Å²) in [6.45, 7) is 2.39. The first kappa shape index (κ1) is 16.9. The molecule has 2 aromatic carbocycles. The van der Waals surface area contributed by atoms with E-state index in [0.717, 1.165) is 27.8 Å². The average molecular weight is 353 g/mol. The number of aromatic nitrogens is 2. The first-order valence-electron chi connectivity index (χ1n) is 8.85. The molecule has 0 atom stereocenters. The third-order valence-corrected chi connectivity index (χ3v) is 4.52. The van der Waals surface area contributed by atoms with Crippen molar-refractivity contribution in [2.24, 2.45) is 0 Å². The molecule has 4 nitrogen and oxygen atoms in total. The number of rotatable bonds is 4. The number of hydrogen-bond donors (Lipinski definition) is 0. The van der Waals surface area contributed by atoms with Gasteiger partial charge in [-0.15, -0.1) is 0 Å². The van der Waals surface area contributed by atoms with Gasteiger partial charge in [-0.1, -0.05) is 48.5 Å². The van der Waals surface area contributed by atoms with E-state index in [2.05, 4.69) is 9.97 Å². The normalized spacial score (nSPS) is 10.7. The lowest BCUT2D eigenvalue weighted by Crippen LogP contribution is -2.32. The van der Waals surface area contributed by atoms with Crippen LogP contribution in [0, 0.1) is 6.92 Å². The van der Waals surface area contributed by atoms with Crippen LogP contribution in [0.5, 0.6) is 0 Å². The van der Waals surface area contributed by atoms with Crippen LogP contribution in [0.1, 0.15) is 21.7 Å². The van der Waals surface area contributed by atoms with Gasteiger partial charge in [-0.05, 0) is 42.8 Å². The minimum absolute atomic E-state index is 0.138. The number of hydrogen-bond acceptors (Lipinski definition) is 3. The van der Waals surface area contributed by atoms with Gasteiger partial charge in [0.05, 0.1) is 17.8 Å². The minimum Gasteiger partial charge on any atom is -0.301 e. The Hall–Kier alpha value is -3.53. The highest BCUT2D eigenvalue weighted by molar-refractivity contribution is 6.06. The quantitative estimate of drug-likeness (QED) is 0.530. The van der Waals surface area contributed by atoms with Crippen LogP contribution in [0.4, 0.5) is 5.69 Å². The first-order chi connectivity index (χ1) is 13.2. The van der Waals surface area contributed by atoms with Gasteiger partial charge in [0.1, 0.15) is 5.69 Å². The number of aryl methyl sites for hydroxylation is 1. The highest BCUT2D eigenvalue weighted by Gasteiger charge is 2.21. The van der Waals surface area contributed by atoms with Crippen LogP contribution in [-0.2, 0) is 6.54 Å². The fraction of sp³-hybridized carbons (Fsp3) is 0.0870. The van der Waals surface area contributed by atoms with E-state index in [0.29, 0.717) is 12.2 Å². The molecule has 0 saturated carbocycles. The molecule has 2 aromatic heterocycles. The van der Waals surface area contributed by atoms with E-state index >= 15 is 0 Å². The van der Waals surface area contributed by atoms with Gasteiger partial charge in [-0.25, -0.2) is 4.98 Å². The summed E-state index contributed by atoms with van der Waals surface area (Å²) in [7, 11) is 0. The van der Waals surface area contributed by atoms with Crippen molar-refractivity contribution < 1.29 is 4.79 Å². The van der Waals surface area contributed by atoms with Crippen molar-refractivity contribution >= 4 is 22.5 Å². The summed E-state index contributed by atoms with van der Waals surface area (Å²) in [4.78, 5) is 24.1. The van der Waals surface area contributed by atoms with Gasteiger partial charge in [0.2, 0.25) is 0 Å². The maximum Gasteiger partial charge on any atom is 0.277 e. The third kappa shape index (κ3) is 3.55. The summed E-state index contributed by atoms with van der Waals surface area (Å²) in [5, 5.41) is 1.02. The molecule has 0 aliphatic heterocycles. The molecule has 4 heteroatoms. The van der Waals surface area contributed by atoms with Gasteiger partial charge in [0.25, 0.3) is 5.91 Å². The molecule has 0 saturated heterocycles. The lowest BCUT2D eigenvalue weighted by molar-refractivity contribution is 0.0980. The molecule has 0 fully saturated rings. The van der Waals surface area contributed by atoms with Crippen LogP contribution in [0.25, 0.3) is 10.9 Å². The molecular formula is C23H19N3O. The van der Waals surface area contributed by atoms with Crippen LogP contribution in [0.2, 0.25) is 0 Å². The second kappa shape index (κ2) is 7.38. The summed E-state index contributed by atoms with van der Waals surface area (Å²) < 4.78 is 0. The number of fused-ring (bicyclic) bond motifs is 1. The van der Waals surface area contributed by atoms with Crippen molar-refractivity contribution in [3.05, 3.63) is 102 Å². The second-order valence-electron chi connectivity index (χ2n) is 6.39. The minimum atomic E-state index is -0.138. The number of carbonyl (C=O) groups excluding carboxylic acids is 1. The Labute approximate surface area is 158 Å². The Morgan fingerprint density at radius 3 is 2.48 bits per heavy atom. The lowest BCUT2D eigenvalue weighted by atomic mass is 10.1. The van der Waals surface area contributed by atoms with Crippen LogP contribution in [0.15, 0.2) is 85.1 Å². The number of benzene rings is 2. The third-order valence-electron chi connectivity index (χ3n) is 4.52. The van der Waals surface area contributed by atoms with Crippen molar-refractivity contribution in [1.29, 1.82) is 0 Å². The van der Waals surface area contributed by atoms with Gasteiger partial charge in [-0.2, -0.15) is 0 Å². The van der Waals surface area contributed by atoms with Crippen molar-refractivity contribution in [2.45, 2.75) is 13.5 Å². The number of carbonyl (C=O) groups is 1. The molecule has 0 N–H and O–H groups in total. The maximum absolute atomic E-state index is 13.4. The fourth-order valence-electron chi connectivity index (χ4n) is 3.11. The second-order valence-corrected chi connectivity index (χ2v) is 6.39. The zero-order valence-corrected chi connectivity index (χ0v) is 15.0. The number of nitrogens with zero attached hydrogens (tertiary/aromatic N) is 3. The van der Waals surface area contributed by atoms with Gasteiger partial charge in [-0.3, -0.25) is 9.78 Å². The van der Waals surface area contributed by atoms with E-state index in [-0.39, 0.29) is 5.91 Å². The van der Waals surface area contributed by atoms with Crippen molar-refractivity contribution in [3.8, 4) is 0 Å². The summed E-state index contributed by atoms with van der Waals surface area (Å²) >= 11 is 0. The SMILES string of the molecule is Cc1ccccc1N(Cc1ccccn1)C(=O)c1ccc2ccccc2n1. The standard InChI is InChI=1S/C23H19N3O/c1-17-8-2-5-12-22(17)26(16-19-10-6-7-15-24-19)23(27)21-14-13-18-9-3-4-11-20(18)25-21/h2-15H,16H2,1H3. The van der Waals surface area contributed by atoms with Crippen molar-refractivity contribution in [1.82, 2.24) is 9.97 Å².